The molecule has 3 aliphatic rings. The van der Waals surface area contributed by atoms with Crippen LogP contribution in [0.2, 0.25) is 0 Å². The minimum Gasteiger partial charge on any atom is -0.492 e. The first kappa shape index (κ1) is 13.7. The number of nitrogens with one attached hydrogen (secondary N) is 1. The normalized spacial score (nSPS) is 30.9. The molecule has 0 aromatic rings. The first-order valence-corrected chi connectivity index (χ1v) is 7.64. The standard InChI is InChI=1S/C16H23NO3/c1-19-14-7-6-11(12-9-16(18)17-10-12)8-15(14)20-13-4-2-3-5-13/h6,8,12-14H,2-5,7,9-10H2,1H3,(H,17,18). The Morgan fingerprint density at radius 2 is 2.10 bits per heavy atom. The van der Waals surface area contributed by atoms with E-state index in [1.807, 2.05) is 0 Å². The number of allylic oxidation sites excluding steroid dienone is 1. The van der Waals surface area contributed by atoms with Crippen molar-refractivity contribution in [2.24, 2.45) is 5.92 Å². The lowest BCUT2D eigenvalue weighted by atomic mass is 9.91. The predicted octanol–water partition coefficient (Wildman–Crippen LogP) is 2.31. The highest BCUT2D eigenvalue weighted by molar-refractivity contribution is 5.79. The highest BCUT2D eigenvalue weighted by Gasteiger charge is 2.29. The zero-order valence-electron chi connectivity index (χ0n) is 12.1. The van der Waals surface area contributed by atoms with Crippen molar-refractivity contribution >= 4 is 5.91 Å². The van der Waals surface area contributed by atoms with Crippen LogP contribution in [-0.2, 0) is 14.3 Å². The van der Waals surface area contributed by atoms with Gasteiger partial charge in [-0.15, -0.1) is 0 Å². The van der Waals surface area contributed by atoms with Crippen LogP contribution in [-0.4, -0.2) is 31.8 Å². The van der Waals surface area contributed by atoms with Crippen molar-refractivity contribution in [1.29, 1.82) is 0 Å². The highest BCUT2D eigenvalue weighted by Crippen LogP contribution is 2.32. The third-order valence-corrected chi connectivity index (χ3v) is 4.53. The molecule has 1 N–H and O–H groups in total. The zero-order chi connectivity index (χ0) is 13.9. The number of amides is 1. The van der Waals surface area contributed by atoms with Gasteiger partial charge in [-0.2, -0.15) is 0 Å². The summed E-state index contributed by atoms with van der Waals surface area (Å²) in [7, 11) is 1.73. The molecule has 2 aliphatic carbocycles. The van der Waals surface area contributed by atoms with Crippen LogP contribution >= 0.6 is 0 Å². The predicted molar refractivity (Wildman–Crippen MR) is 76.0 cm³/mol. The first-order valence-electron chi connectivity index (χ1n) is 7.64. The third-order valence-electron chi connectivity index (χ3n) is 4.53. The fourth-order valence-corrected chi connectivity index (χ4v) is 3.32. The fraction of sp³-hybridized carbons (Fsp3) is 0.688. The Kier molecular flexibility index (Phi) is 4.10. The van der Waals surface area contributed by atoms with Gasteiger partial charge >= 0.3 is 0 Å². The quantitative estimate of drug-likeness (QED) is 0.858. The van der Waals surface area contributed by atoms with E-state index in [2.05, 4.69) is 17.5 Å². The topological polar surface area (TPSA) is 47.6 Å². The van der Waals surface area contributed by atoms with Gasteiger partial charge in [-0.1, -0.05) is 6.08 Å². The number of hydrogen-bond donors (Lipinski definition) is 1. The number of carbonyl (C=O) groups is 1. The van der Waals surface area contributed by atoms with Crippen molar-refractivity contribution < 1.29 is 14.3 Å². The van der Waals surface area contributed by atoms with Crippen LogP contribution in [0.25, 0.3) is 0 Å². The van der Waals surface area contributed by atoms with Crippen molar-refractivity contribution in [3.8, 4) is 0 Å². The molecule has 0 radical (unpaired) electrons. The summed E-state index contributed by atoms with van der Waals surface area (Å²) in [6.45, 7) is 0.746. The van der Waals surface area contributed by atoms with E-state index < -0.39 is 0 Å². The summed E-state index contributed by atoms with van der Waals surface area (Å²) in [5.74, 6) is 1.40. The van der Waals surface area contributed by atoms with E-state index >= 15 is 0 Å². The van der Waals surface area contributed by atoms with Crippen LogP contribution in [0.15, 0.2) is 23.5 Å². The molecule has 2 unspecified atom stereocenters. The molecule has 1 heterocycles. The van der Waals surface area contributed by atoms with Crippen LogP contribution in [0.1, 0.15) is 38.5 Å². The smallest absolute Gasteiger partial charge is 0.220 e. The van der Waals surface area contributed by atoms with Gasteiger partial charge < -0.3 is 14.8 Å². The Morgan fingerprint density at radius 1 is 1.30 bits per heavy atom. The Bertz CT molecular complexity index is 435. The molecule has 4 heteroatoms. The SMILES string of the molecule is COC1CC=C(C2CNC(=O)C2)C=C1OC1CCCC1. The van der Waals surface area contributed by atoms with Gasteiger partial charge in [-0.25, -0.2) is 0 Å². The Labute approximate surface area is 120 Å². The van der Waals surface area contributed by atoms with Gasteiger partial charge in [0.1, 0.15) is 11.9 Å². The average molecular weight is 277 g/mol. The van der Waals surface area contributed by atoms with E-state index in [9.17, 15) is 4.79 Å². The Hall–Kier alpha value is -1.29. The van der Waals surface area contributed by atoms with Gasteiger partial charge in [-0.05, 0) is 43.8 Å². The molecular weight excluding hydrogens is 254 g/mol. The van der Waals surface area contributed by atoms with Crippen LogP contribution in [0, 0.1) is 5.92 Å². The summed E-state index contributed by atoms with van der Waals surface area (Å²) in [5.41, 5.74) is 1.23. The molecule has 2 atom stereocenters. The molecule has 1 aliphatic heterocycles. The molecule has 0 aromatic heterocycles. The minimum absolute atomic E-state index is 0.0319. The average Bonchev–Trinajstić information content (AvgIpc) is 3.10. The molecule has 0 spiro atoms. The van der Waals surface area contributed by atoms with E-state index in [0.717, 1.165) is 31.6 Å². The summed E-state index contributed by atoms with van der Waals surface area (Å²) in [5, 5.41) is 2.90. The first-order chi connectivity index (χ1) is 9.76. The lowest BCUT2D eigenvalue weighted by molar-refractivity contribution is -0.119. The minimum atomic E-state index is 0.0319. The lowest BCUT2D eigenvalue weighted by Gasteiger charge is -2.27. The third kappa shape index (κ3) is 2.90. The molecule has 0 aromatic carbocycles. The molecule has 1 amide bonds. The highest BCUT2D eigenvalue weighted by atomic mass is 16.5. The largest absolute Gasteiger partial charge is 0.492 e. The number of rotatable bonds is 4. The van der Waals surface area contributed by atoms with Crippen molar-refractivity contribution in [2.45, 2.75) is 50.7 Å². The van der Waals surface area contributed by atoms with Gasteiger partial charge in [0.2, 0.25) is 5.91 Å². The summed E-state index contributed by atoms with van der Waals surface area (Å²) in [4.78, 5) is 11.4. The number of ether oxygens (including phenoxy) is 2. The number of carbonyl (C=O) groups excluding carboxylic acids is 1. The monoisotopic (exact) mass is 277 g/mol. The van der Waals surface area contributed by atoms with E-state index in [-0.39, 0.29) is 12.0 Å². The van der Waals surface area contributed by atoms with Gasteiger partial charge in [0.05, 0.1) is 6.10 Å². The van der Waals surface area contributed by atoms with Crippen molar-refractivity contribution in [3.63, 3.8) is 0 Å². The summed E-state index contributed by atoms with van der Waals surface area (Å²) >= 11 is 0. The van der Waals surface area contributed by atoms with Crippen LogP contribution < -0.4 is 5.32 Å². The second-order valence-electron chi connectivity index (χ2n) is 5.94. The Morgan fingerprint density at radius 3 is 2.75 bits per heavy atom. The molecule has 1 saturated carbocycles. The molecule has 1 saturated heterocycles. The van der Waals surface area contributed by atoms with E-state index in [0.29, 0.717) is 18.4 Å². The maximum absolute atomic E-state index is 11.4. The summed E-state index contributed by atoms with van der Waals surface area (Å²) < 4.78 is 11.7. The molecule has 4 nitrogen and oxygen atoms in total. The molecular formula is C16H23NO3. The number of hydrogen-bond acceptors (Lipinski definition) is 3. The van der Waals surface area contributed by atoms with Gasteiger partial charge in [0.25, 0.3) is 0 Å². The summed E-state index contributed by atoms with van der Waals surface area (Å²) in [6, 6.07) is 0. The van der Waals surface area contributed by atoms with Crippen molar-refractivity contribution in [3.05, 3.63) is 23.5 Å². The number of methoxy groups -OCH3 is 1. The molecule has 110 valence electrons. The molecule has 3 rings (SSSR count). The van der Waals surface area contributed by atoms with Gasteiger partial charge in [0.15, 0.2) is 0 Å². The fourth-order valence-electron chi connectivity index (χ4n) is 3.32. The second kappa shape index (κ2) is 6.00. The van der Waals surface area contributed by atoms with Crippen molar-refractivity contribution in [2.75, 3.05) is 13.7 Å². The van der Waals surface area contributed by atoms with Gasteiger partial charge in [0, 0.05) is 26.0 Å². The Balaban J connectivity index is 1.71. The molecule has 20 heavy (non-hydrogen) atoms. The van der Waals surface area contributed by atoms with Crippen LogP contribution in [0.4, 0.5) is 0 Å². The second-order valence-corrected chi connectivity index (χ2v) is 5.94. The lowest BCUT2D eigenvalue weighted by Crippen LogP contribution is -2.23. The summed E-state index contributed by atoms with van der Waals surface area (Å²) in [6.07, 6.45) is 10.9. The van der Waals surface area contributed by atoms with E-state index in [1.54, 1.807) is 7.11 Å². The van der Waals surface area contributed by atoms with E-state index in [1.165, 1.54) is 18.4 Å². The molecule has 2 fully saturated rings. The maximum atomic E-state index is 11.4. The maximum Gasteiger partial charge on any atom is 0.220 e. The van der Waals surface area contributed by atoms with Crippen LogP contribution in [0.5, 0.6) is 0 Å². The molecule has 0 bridgehead atoms. The van der Waals surface area contributed by atoms with Crippen LogP contribution in [0.3, 0.4) is 0 Å². The zero-order valence-corrected chi connectivity index (χ0v) is 12.1. The van der Waals surface area contributed by atoms with E-state index in [4.69, 9.17) is 9.47 Å². The van der Waals surface area contributed by atoms with Crippen molar-refractivity contribution in [1.82, 2.24) is 5.32 Å². The van der Waals surface area contributed by atoms with Gasteiger partial charge in [-0.3, -0.25) is 4.79 Å².